The highest BCUT2D eigenvalue weighted by Gasteiger charge is 2.20. The van der Waals surface area contributed by atoms with Crippen molar-refractivity contribution in [3.63, 3.8) is 0 Å². The van der Waals surface area contributed by atoms with Gasteiger partial charge in [0.15, 0.2) is 5.69 Å². The SMILES string of the molecule is CCOC(=O)c1ncn2c1c(SC)nc1ccc(OC)cc12. The summed E-state index contributed by atoms with van der Waals surface area (Å²) in [5.74, 6) is 0.281. The Hall–Kier alpha value is -2.28. The summed E-state index contributed by atoms with van der Waals surface area (Å²) in [6.07, 6.45) is 3.53. The summed E-state index contributed by atoms with van der Waals surface area (Å²) in [4.78, 5) is 20.9. The second kappa shape index (κ2) is 5.84. The van der Waals surface area contributed by atoms with Crippen molar-refractivity contribution >= 4 is 34.3 Å². The number of thioether (sulfide) groups is 1. The van der Waals surface area contributed by atoms with Crippen LogP contribution in [-0.4, -0.2) is 40.3 Å². The molecule has 0 amide bonds. The van der Waals surface area contributed by atoms with E-state index in [9.17, 15) is 4.79 Å². The van der Waals surface area contributed by atoms with Crippen LogP contribution >= 0.6 is 11.8 Å². The van der Waals surface area contributed by atoms with E-state index in [1.165, 1.54) is 11.8 Å². The fraction of sp³-hybridized carbons (Fsp3) is 0.267. The molecule has 6 nitrogen and oxygen atoms in total. The average Bonchev–Trinajstić information content (AvgIpc) is 2.99. The number of methoxy groups -OCH3 is 1. The number of nitrogens with zero attached hydrogens (tertiary/aromatic N) is 3. The molecule has 114 valence electrons. The Labute approximate surface area is 131 Å². The first-order valence-electron chi connectivity index (χ1n) is 6.75. The minimum Gasteiger partial charge on any atom is -0.497 e. The minimum atomic E-state index is -0.440. The van der Waals surface area contributed by atoms with E-state index < -0.39 is 5.97 Å². The van der Waals surface area contributed by atoms with Crippen molar-refractivity contribution in [2.24, 2.45) is 0 Å². The molecular weight excluding hydrogens is 302 g/mol. The first-order valence-corrected chi connectivity index (χ1v) is 7.98. The highest BCUT2D eigenvalue weighted by atomic mass is 32.2. The Morgan fingerprint density at radius 2 is 2.23 bits per heavy atom. The van der Waals surface area contributed by atoms with Gasteiger partial charge >= 0.3 is 5.97 Å². The zero-order chi connectivity index (χ0) is 15.7. The molecule has 22 heavy (non-hydrogen) atoms. The summed E-state index contributed by atoms with van der Waals surface area (Å²) in [5.41, 5.74) is 2.58. The number of benzene rings is 1. The van der Waals surface area contributed by atoms with Gasteiger partial charge in [-0.15, -0.1) is 11.8 Å². The van der Waals surface area contributed by atoms with Gasteiger partial charge in [0.05, 0.1) is 24.8 Å². The molecule has 0 aliphatic heterocycles. The van der Waals surface area contributed by atoms with Gasteiger partial charge in [0, 0.05) is 6.07 Å². The van der Waals surface area contributed by atoms with E-state index in [4.69, 9.17) is 9.47 Å². The molecule has 0 radical (unpaired) electrons. The van der Waals surface area contributed by atoms with Crippen molar-refractivity contribution in [3.05, 3.63) is 30.2 Å². The van der Waals surface area contributed by atoms with Crippen LogP contribution in [0.15, 0.2) is 29.6 Å². The standard InChI is InChI=1S/C15H15N3O3S/c1-4-21-15(19)12-13-14(22-3)17-10-6-5-9(20-2)7-11(10)18(13)8-16-12/h5-8H,4H2,1-3H3. The van der Waals surface area contributed by atoms with Crippen LogP contribution in [0.2, 0.25) is 0 Å². The highest BCUT2D eigenvalue weighted by Crippen LogP contribution is 2.28. The number of rotatable bonds is 4. The van der Waals surface area contributed by atoms with Crippen LogP contribution in [0.3, 0.4) is 0 Å². The maximum Gasteiger partial charge on any atom is 0.359 e. The molecule has 2 aromatic heterocycles. The monoisotopic (exact) mass is 317 g/mol. The van der Waals surface area contributed by atoms with Crippen LogP contribution in [0.5, 0.6) is 5.75 Å². The molecule has 0 atom stereocenters. The van der Waals surface area contributed by atoms with Gasteiger partial charge in [0.1, 0.15) is 22.6 Å². The fourth-order valence-corrected chi connectivity index (χ4v) is 2.88. The lowest BCUT2D eigenvalue weighted by atomic mass is 10.2. The lowest BCUT2D eigenvalue weighted by Crippen LogP contribution is -2.06. The molecule has 0 fully saturated rings. The molecule has 2 heterocycles. The highest BCUT2D eigenvalue weighted by molar-refractivity contribution is 7.98. The molecule has 3 aromatic rings. The van der Waals surface area contributed by atoms with Crippen LogP contribution in [0.4, 0.5) is 0 Å². The number of carbonyl (C=O) groups is 1. The first kappa shape index (κ1) is 14.6. The Kier molecular flexibility index (Phi) is 3.89. The molecule has 0 spiro atoms. The number of hydrogen-bond acceptors (Lipinski definition) is 6. The van der Waals surface area contributed by atoms with Gasteiger partial charge in [-0.05, 0) is 25.3 Å². The Morgan fingerprint density at radius 1 is 1.41 bits per heavy atom. The van der Waals surface area contributed by atoms with Crippen molar-refractivity contribution in [2.75, 3.05) is 20.0 Å². The summed E-state index contributed by atoms with van der Waals surface area (Å²) < 4.78 is 12.2. The Morgan fingerprint density at radius 3 is 2.91 bits per heavy atom. The van der Waals surface area contributed by atoms with E-state index in [1.54, 1.807) is 20.4 Å². The molecule has 0 saturated heterocycles. The number of imidazole rings is 1. The van der Waals surface area contributed by atoms with Gasteiger partial charge < -0.3 is 9.47 Å². The molecular formula is C15H15N3O3S. The van der Waals surface area contributed by atoms with E-state index in [-0.39, 0.29) is 5.69 Å². The van der Waals surface area contributed by atoms with Crippen LogP contribution in [0.25, 0.3) is 16.6 Å². The number of hydrogen-bond donors (Lipinski definition) is 0. The summed E-state index contributed by atoms with van der Waals surface area (Å²) in [6.45, 7) is 2.07. The third kappa shape index (κ3) is 2.27. The lowest BCUT2D eigenvalue weighted by molar-refractivity contribution is 0.0522. The smallest absolute Gasteiger partial charge is 0.359 e. The zero-order valence-corrected chi connectivity index (χ0v) is 13.3. The number of aromatic nitrogens is 3. The molecule has 3 rings (SSSR count). The number of esters is 1. The summed E-state index contributed by atoms with van der Waals surface area (Å²) in [5, 5.41) is 0.734. The largest absolute Gasteiger partial charge is 0.497 e. The number of fused-ring (bicyclic) bond motifs is 3. The van der Waals surface area contributed by atoms with E-state index in [2.05, 4.69) is 9.97 Å². The van der Waals surface area contributed by atoms with E-state index >= 15 is 0 Å². The quantitative estimate of drug-likeness (QED) is 0.544. The fourth-order valence-electron chi connectivity index (χ4n) is 2.31. The zero-order valence-electron chi connectivity index (χ0n) is 12.5. The molecule has 0 saturated carbocycles. The van der Waals surface area contributed by atoms with Crippen molar-refractivity contribution < 1.29 is 14.3 Å². The molecule has 0 unspecified atom stereocenters. The Bertz CT molecular complexity index is 860. The predicted molar refractivity (Wildman–Crippen MR) is 84.8 cm³/mol. The number of carbonyl (C=O) groups excluding carboxylic acids is 1. The van der Waals surface area contributed by atoms with Gasteiger partial charge in [-0.25, -0.2) is 14.8 Å². The second-order valence-electron chi connectivity index (χ2n) is 4.51. The maximum atomic E-state index is 12.1. The van der Waals surface area contributed by atoms with Crippen LogP contribution < -0.4 is 4.74 Å². The minimum absolute atomic E-state index is 0.281. The van der Waals surface area contributed by atoms with Crippen LogP contribution in [0.1, 0.15) is 17.4 Å². The van der Waals surface area contributed by atoms with E-state index in [0.29, 0.717) is 12.1 Å². The molecule has 0 aliphatic carbocycles. The average molecular weight is 317 g/mol. The molecule has 0 aliphatic rings. The maximum absolute atomic E-state index is 12.1. The topological polar surface area (TPSA) is 65.7 Å². The van der Waals surface area contributed by atoms with Crippen molar-refractivity contribution in [2.45, 2.75) is 11.9 Å². The van der Waals surface area contributed by atoms with Gasteiger partial charge in [-0.1, -0.05) is 0 Å². The predicted octanol–water partition coefficient (Wildman–Crippen LogP) is 2.79. The van der Waals surface area contributed by atoms with Gasteiger partial charge in [-0.3, -0.25) is 4.40 Å². The van der Waals surface area contributed by atoms with Crippen molar-refractivity contribution in [3.8, 4) is 5.75 Å². The molecule has 0 N–H and O–H groups in total. The second-order valence-corrected chi connectivity index (χ2v) is 5.30. The lowest BCUT2D eigenvalue weighted by Gasteiger charge is -2.08. The third-order valence-electron chi connectivity index (χ3n) is 3.30. The number of ether oxygens (including phenoxy) is 2. The molecule has 7 heteroatoms. The first-order chi connectivity index (χ1) is 10.7. The van der Waals surface area contributed by atoms with Crippen molar-refractivity contribution in [1.82, 2.24) is 14.4 Å². The third-order valence-corrected chi connectivity index (χ3v) is 3.97. The van der Waals surface area contributed by atoms with Crippen LogP contribution in [-0.2, 0) is 4.74 Å². The Balaban J connectivity index is 2.34. The van der Waals surface area contributed by atoms with E-state index in [0.717, 1.165) is 21.8 Å². The van der Waals surface area contributed by atoms with Gasteiger partial charge in [-0.2, -0.15) is 0 Å². The summed E-state index contributed by atoms with van der Waals surface area (Å²) in [6, 6.07) is 5.61. The van der Waals surface area contributed by atoms with Crippen molar-refractivity contribution in [1.29, 1.82) is 0 Å². The molecule has 1 aromatic carbocycles. The van der Waals surface area contributed by atoms with E-state index in [1.807, 2.05) is 28.9 Å². The normalized spacial score (nSPS) is 11.0. The summed E-state index contributed by atoms with van der Waals surface area (Å²) in [7, 11) is 1.61. The van der Waals surface area contributed by atoms with Gasteiger partial charge in [0.2, 0.25) is 0 Å². The summed E-state index contributed by atoms with van der Waals surface area (Å²) >= 11 is 1.47. The van der Waals surface area contributed by atoms with Crippen LogP contribution in [0, 0.1) is 0 Å². The van der Waals surface area contributed by atoms with Gasteiger partial charge in [0.25, 0.3) is 0 Å². The molecule has 0 bridgehead atoms.